The molecule has 0 radical (unpaired) electrons. The van der Waals surface area contributed by atoms with E-state index in [0.717, 1.165) is 12.0 Å². The van der Waals surface area contributed by atoms with Crippen molar-refractivity contribution in [2.45, 2.75) is 46.2 Å². The summed E-state index contributed by atoms with van der Waals surface area (Å²) < 4.78 is 5.43. The topological polar surface area (TPSA) is 94.2 Å². The van der Waals surface area contributed by atoms with Crippen LogP contribution in [0.5, 0.6) is 0 Å². The van der Waals surface area contributed by atoms with Gasteiger partial charge in [-0.1, -0.05) is 30.7 Å². The third kappa shape index (κ3) is 6.27. The highest BCUT2D eigenvalue weighted by Gasteiger charge is 2.39. The predicted molar refractivity (Wildman–Crippen MR) is 135 cm³/mol. The minimum absolute atomic E-state index is 0.00759. The number of esters is 1. The molecule has 1 fully saturated rings. The molecule has 0 bridgehead atoms. The molecule has 192 valence electrons. The maximum atomic E-state index is 13.2. The van der Waals surface area contributed by atoms with Crippen LogP contribution in [-0.4, -0.2) is 84.6 Å². The highest BCUT2D eigenvalue weighted by atomic mass is 35.5. The van der Waals surface area contributed by atoms with Crippen LogP contribution in [0.3, 0.4) is 0 Å². The quantitative estimate of drug-likeness (QED) is 0.528. The van der Waals surface area contributed by atoms with E-state index >= 15 is 0 Å². The first-order valence-electron chi connectivity index (χ1n) is 12.3. The second kappa shape index (κ2) is 12.3. The Kier molecular flexibility index (Phi) is 9.40. The van der Waals surface area contributed by atoms with Gasteiger partial charge in [0.2, 0.25) is 0 Å². The molecule has 9 nitrogen and oxygen atoms in total. The summed E-state index contributed by atoms with van der Waals surface area (Å²) in [6.45, 7) is 11.2. The molecule has 4 amide bonds. The number of hydrogen-bond donors (Lipinski definition) is 2. The minimum atomic E-state index is -0.643. The van der Waals surface area contributed by atoms with Gasteiger partial charge >= 0.3 is 18.0 Å². The number of amides is 4. The maximum Gasteiger partial charge on any atom is 0.338 e. The fraction of sp³-hybridized carbons (Fsp3) is 0.560. The largest absolute Gasteiger partial charge is 0.463 e. The SMILES string of the molecule is CCCNC(=O)N1CCN(CC2=C(C(=O)OCC)[C@H](c3ccc(Cl)cc3)NC(=O)N2CC)C[C@@H]1C. The van der Waals surface area contributed by atoms with Crippen LogP contribution in [0.2, 0.25) is 5.02 Å². The molecule has 1 aromatic carbocycles. The molecule has 2 aliphatic rings. The van der Waals surface area contributed by atoms with Crippen molar-refractivity contribution >= 4 is 29.6 Å². The molecular weight excluding hydrogens is 470 g/mol. The van der Waals surface area contributed by atoms with Gasteiger partial charge in [0.1, 0.15) is 0 Å². The van der Waals surface area contributed by atoms with Gasteiger partial charge in [0.25, 0.3) is 0 Å². The van der Waals surface area contributed by atoms with Gasteiger partial charge in [0.15, 0.2) is 0 Å². The smallest absolute Gasteiger partial charge is 0.338 e. The van der Waals surface area contributed by atoms with Gasteiger partial charge in [-0.15, -0.1) is 0 Å². The fourth-order valence-corrected chi connectivity index (χ4v) is 4.71. The highest BCUT2D eigenvalue weighted by Crippen LogP contribution is 2.33. The zero-order chi connectivity index (χ0) is 25.5. The van der Waals surface area contributed by atoms with E-state index in [2.05, 4.69) is 15.5 Å². The molecular formula is C25H36ClN5O4. The fourth-order valence-electron chi connectivity index (χ4n) is 4.59. The van der Waals surface area contributed by atoms with Crippen LogP contribution in [0.1, 0.15) is 45.7 Å². The Morgan fingerprint density at radius 3 is 2.49 bits per heavy atom. The van der Waals surface area contributed by atoms with Crippen LogP contribution in [0.15, 0.2) is 35.5 Å². The minimum Gasteiger partial charge on any atom is -0.463 e. The van der Waals surface area contributed by atoms with Gasteiger partial charge in [-0.05, 0) is 44.9 Å². The molecule has 10 heteroatoms. The van der Waals surface area contributed by atoms with E-state index in [1.807, 2.05) is 37.8 Å². The molecule has 2 aliphatic heterocycles. The summed E-state index contributed by atoms with van der Waals surface area (Å²) >= 11 is 6.07. The van der Waals surface area contributed by atoms with E-state index < -0.39 is 12.0 Å². The molecule has 0 aliphatic carbocycles. The molecule has 2 heterocycles. The van der Waals surface area contributed by atoms with Crippen molar-refractivity contribution in [1.82, 2.24) is 25.3 Å². The Morgan fingerprint density at radius 2 is 1.89 bits per heavy atom. The van der Waals surface area contributed by atoms with E-state index in [9.17, 15) is 14.4 Å². The van der Waals surface area contributed by atoms with Crippen LogP contribution in [0.25, 0.3) is 0 Å². The first kappa shape index (κ1) is 26.8. The van der Waals surface area contributed by atoms with E-state index in [1.165, 1.54) is 0 Å². The molecule has 1 aromatic rings. The zero-order valence-corrected chi connectivity index (χ0v) is 21.7. The van der Waals surface area contributed by atoms with Crippen molar-refractivity contribution in [1.29, 1.82) is 0 Å². The third-order valence-corrected chi connectivity index (χ3v) is 6.58. The average molecular weight is 506 g/mol. The Morgan fingerprint density at radius 1 is 1.17 bits per heavy atom. The summed E-state index contributed by atoms with van der Waals surface area (Å²) in [6.07, 6.45) is 0.884. The van der Waals surface area contributed by atoms with Gasteiger partial charge in [0, 0.05) is 56.0 Å². The van der Waals surface area contributed by atoms with Crippen molar-refractivity contribution in [3.05, 3.63) is 46.1 Å². The van der Waals surface area contributed by atoms with Crippen LogP contribution in [0, 0.1) is 0 Å². The number of nitrogens with one attached hydrogen (secondary N) is 2. The standard InChI is InChI=1S/C25H36ClN5O4/c1-5-12-27-24(33)31-14-13-29(15-17(31)4)16-20-21(23(32)35-7-3)22(28-25(34)30(20)6-2)18-8-10-19(26)11-9-18/h8-11,17,22H,5-7,12-16H2,1-4H3,(H,27,33)(H,28,34)/t17-,22-/m0/s1. The van der Waals surface area contributed by atoms with Crippen molar-refractivity contribution < 1.29 is 19.1 Å². The van der Waals surface area contributed by atoms with Gasteiger partial charge in [-0.3, -0.25) is 9.80 Å². The maximum absolute atomic E-state index is 13.2. The Balaban J connectivity index is 1.92. The number of nitrogens with zero attached hydrogens (tertiary/aromatic N) is 3. The van der Waals surface area contributed by atoms with E-state index in [0.29, 0.717) is 55.6 Å². The molecule has 2 atom stereocenters. The lowest BCUT2D eigenvalue weighted by Crippen LogP contribution is -2.58. The van der Waals surface area contributed by atoms with E-state index in [-0.39, 0.29) is 24.7 Å². The lowest BCUT2D eigenvalue weighted by atomic mass is 9.94. The van der Waals surface area contributed by atoms with E-state index in [4.69, 9.17) is 16.3 Å². The molecule has 0 unspecified atom stereocenters. The summed E-state index contributed by atoms with van der Waals surface area (Å²) in [6, 6.07) is 6.12. The molecule has 35 heavy (non-hydrogen) atoms. The number of carbonyl (C=O) groups is 3. The predicted octanol–water partition coefficient (Wildman–Crippen LogP) is 3.37. The van der Waals surface area contributed by atoms with Crippen LogP contribution in [-0.2, 0) is 9.53 Å². The van der Waals surface area contributed by atoms with E-state index in [1.54, 1.807) is 24.0 Å². The lowest BCUT2D eigenvalue weighted by Gasteiger charge is -2.42. The third-order valence-electron chi connectivity index (χ3n) is 6.33. The van der Waals surface area contributed by atoms with Crippen molar-refractivity contribution in [2.75, 3.05) is 45.9 Å². The first-order valence-corrected chi connectivity index (χ1v) is 12.7. The molecule has 0 aromatic heterocycles. The molecule has 2 N–H and O–H groups in total. The molecule has 3 rings (SSSR count). The zero-order valence-electron chi connectivity index (χ0n) is 21.0. The van der Waals surface area contributed by atoms with Gasteiger partial charge in [-0.25, -0.2) is 14.4 Å². The summed E-state index contributed by atoms with van der Waals surface area (Å²) in [7, 11) is 0. The Hall–Kier alpha value is -2.78. The van der Waals surface area contributed by atoms with Gasteiger partial charge in [-0.2, -0.15) is 0 Å². The van der Waals surface area contributed by atoms with Crippen molar-refractivity contribution in [2.24, 2.45) is 0 Å². The first-order chi connectivity index (χ1) is 16.8. The van der Waals surface area contributed by atoms with Crippen LogP contribution in [0.4, 0.5) is 9.59 Å². The second-order valence-electron chi connectivity index (χ2n) is 8.77. The number of piperazine rings is 1. The normalized spacial score (nSPS) is 21.1. The number of carbonyl (C=O) groups excluding carboxylic acids is 3. The molecule has 0 spiro atoms. The van der Waals surface area contributed by atoms with Gasteiger partial charge in [0.05, 0.1) is 18.2 Å². The van der Waals surface area contributed by atoms with Crippen molar-refractivity contribution in [3.8, 4) is 0 Å². The van der Waals surface area contributed by atoms with Crippen LogP contribution < -0.4 is 10.6 Å². The molecule has 0 saturated carbocycles. The monoisotopic (exact) mass is 505 g/mol. The number of benzene rings is 1. The highest BCUT2D eigenvalue weighted by molar-refractivity contribution is 6.30. The molecule has 1 saturated heterocycles. The Labute approximate surface area is 212 Å². The second-order valence-corrected chi connectivity index (χ2v) is 9.21. The van der Waals surface area contributed by atoms with Crippen molar-refractivity contribution in [3.63, 3.8) is 0 Å². The average Bonchev–Trinajstić information content (AvgIpc) is 2.83. The summed E-state index contributed by atoms with van der Waals surface area (Å²) in [4.78, 5) is 44.4. The number of halogens is 1. The number of ether oxygens (including phenoxy) is 1. The Bertz CT molecular complexity index is 952. The number of hydrogen-bond acceptors (Lipinski definition) is 5. The summed E-state index contributed by atoms with van der Waals surface area (Å²) in [5.41, 5.74) is 1.81. The number of rotatable bonds is 8. The summed E-state index contributed by atoms with van der Waals surface area (Å²) in [5.74, 6) is -0.452. The number of urea groups is 2. The summed E-state index contributed by atoms with van der Waals surface area (Å²) in [5, 5.41) is 6.48. The lowest BCUT2D eigenvalue weighted by molar-refractivity contribution is -0.139. The van der Waals surface area contributed by atoms with Gasteiger partial charge < -0.3 is 20.3 Å². The number of likely N-dealkylation sites (N-methyl/N-ethyl adjacent to an activating group) is 1. The van der Waals surface area contributed by atoms with Crippen LogP contribution >= 0.6 is 11.6 Å².